The normalized spacial score (nSPS) is 17.8. The first-order valence-corrected chi connectivity index (χ1v) is 9.30. The molecule has 0 N–H and O–H groups in total. The summed E-state index contributed by atoms with van der Waals surface area (Å²) in [7, 11) is -0.362. The second-order valence-corrected chi connectivity index (χ2v) is 7.36. The molecule has 2 heterocycles. The van der Waals surface area contributed by atoms with Gasteiger partial charge in [-0.1, -0.05) is 56.3 Å². The Hall–Kier alpha value is -2.04. The van der Waals surface area contributed by atoms with Gasteiger partial charge in [0, 0.05) is 10.9 Å². The zero-order chi connectivity index (χ0) is 18.9. The summed E-state index contributed by atoms with van der Waals surface area (Å²) < 4.78 is 18.3. The summed E-state index contributed by atoms with van der Waals surface area (Å²) in [6.07, 6.45) is 0. The average molecular weight is 350 g/mol. The predicted octanol–water partition coefficient (Wildman–Crippen LogP) is 5.43. The average Bonchev–Trinajstić information content (AvgIpc) is 3.15. The molecule has 0 spiro atoms. The van der Waals surface area contributed by atoms with E-state index in [2.05, 4.69) is 45.9 Å². The predicted molar refractivity (Wildman–Crippen MR) is 109 cm³/mol. The minimum absolute atomic E-state index is 0.340. The van der Waals surface area contributed by atoms with Crippen LogP contribution in [0.5, 0.6) is 0 Å². The van der Waals surface area contributed by atoms with E-state index in [9.17, 15) is 0 Å². The van der Waals surface area contributed by atoms with Crippen LogP contribution in [0.2, 0.25) is 0 Å². The van der Waals surface area contributed by atoms with Gasteiger partial charge in [-0.05, 0) is 45.3 Å². The van der Waals surface area contributed by atoms with Gasteiger partial charge in [-0.15, -0.1) is 0 Å². The van der Waals surface area contributed by atoms with Crippen molar-refractivity contribution in [2.24, 2.45) is 0 Å². The van der Waals surface area contributed by atoms with Crippen molar-refractivity contribution >= 4 is 23.6 Å². The van der Waals surface area contributed by atoms with Gasteiger partial charge in [-0.2, -0.15) is 0 Å². The number of fused-ring (bicyclic) bond motifs is 1. The minimum Gasteiger partial charge on any atom is -0.456 e. The highest BCUT2D eigenvalue weighted by molar-refractivity contribution is 6.62. The smallest absolute Gasteiger partial charge is 0.456 e. The number of furan rings is 1. The molecule has 0 aliphatic carbocycles. The highest BCUT2D eigenvalue weighted by Gasteiger charge is 2.51. The van der Waals surface area contributed by atoms with Gasteiger partial charge in [-0.3, -0.25) is 0 Å². The number of hydrogen-bond acceptors (Lipinski definition) is 3. The summed E-state index contributed by atoms with van der Waals surface area (Å²) in [5.41, 5.74) is 2.25. The molecule has 0 saturated carbocycles. The molecule has 0 atom stereocenters. The van der Waals surface area contributed by atoms with Gasteiger partial charge in [0.2, 0.25) is 0 Å². The van der Waals surface area contributed by atoms with Gasteiger partial charge in [-0.25, -0.2) is 0 Å². The fourth-order valence-corrected chi connectivity index (χ4v) is 2.94. The maximum atomic E-state index is 6.15. The molecular weight excluding hydrogens is 323 g/mol. The van der Waals surface area contributed by atoms with Crippen molar-refractivity contribution in [1.82, 2.24) is 0 Å². The largest absolute Gasteiger partial charge is 0.494 e. The van der Waals surface area contributed by atoms with Crippen molar-refractivity contribution in [3.05, 3.63) is 54.6 Å². The molecule has 26 heavy (non-hydrogen) atoms. The Morgan fingerprint density at radius 3 is 2.08 bits per heavy atom. The quantitative estimate of drug-likeness (QED) is 0.578. The van der Waals surface area contributed by atoms with Crippen LogP contribution in [0.3, 0.4) is 0 Å². The van der Waals surface area contributed by atoms with Crippen LogP contribution in [0.4, 0.5) is 0 Å². The molecule has 1 aliphatic heterocycles. The lowest BCUT2D eigenvalue weighted by Crippen LogP contribution is -2.41. The molecule has 1 aliphatic rings. The minimum atomic E-state index is -0.362. The highest BCUT2D eigenvalue weighted by atomic mass is 16.7. The molecule has 136 valence electrons. The lowest BCUT2D eigenvalue weighted by molar-refractivity contribution is 0.00578. The molecular formula is C22H27BO3. The molecule has 0 bridgehead atoms. The van der Waals surface area contributed by atoms with Crippen molar-refractivity contribution in [3.63, 3.8) is 0 Å². The SMILES string of the molecule is CC.CC1(C)OB(c2cccc(-c3cc4ccccc4o3)c2)OC1(C)C. The summed E-state index contributed by atoms with van der Waals surface area (Å²) in [6.45, 7) is 12.3. The third-order valence-electron chi connectivity index (χ3n) is 5.12. The fraction of sp³-hybridized carbons (Fsp3) is 0.364. The zero-order valence-electron chi connectivity index (χ0n) is 16.5. The lowest BCUT2D eigenvalue weighted by atomic mass is 9.78. The summed E-state index contributed by atoms with van der Waals surface area (Å²) in [5, 5.41) is 1.11. The molecule has 0 unspecified atom stereocenters. The van der Waals surface area contributed by atoms with Crippen LogP contribution in [0, 0.1) is 0 Å². The molecule has 0 amide bonds. The Balaban J connectivity index is 0.000000948. The Kier molecular flexibility index (Phi) is 5.00. The summed E-state index contributed by atoms with van der Waals surface area (Å²) in [4.78, 5) is 0. The van der Waals surface area contributed by atoms with Crippen molar-refractivity contribution in [2.75, 3.05) is 0 Å². The van der Waals surface area contributed by atoms with Crippen molar-refractivity contribution in [2.45, 2.75) is 52.7 Å². The molecule has 1 aromatic heterocycles. The number of para-hydroxylation sites is 1. The van der Waals surface area contributed by atoms with Crippen molar-refractivity contribution in [3.8, 4) is 11.3 Å². The zero-order valence-corrected chi connectivity index (χ0v) is 16.5. The Morgan fingerprint density at radius 2 is 1.42 bits per heavy atom. The van der Waals surface area contributed by atoms with E-state index in [0.29, 0.717) is 0 Å². The van der Waals surface area contributed by atoms with Crippen molar-refractivity contribution in [1.29, 1.82) is 0 Å². The first-order valence-electron chi connectivity index (χ1n) is 9.30. The first kappa shape index (κ1) is 18.7. The van der Waals surface area contributed by atoms with Crippen LogP contribution in [0.25, 0.3) is 22.3 Å². The van der Waals surface area contributed by atoms with E-state index >= 15 is 0 Å². The summed E-state index contributed by atoms with van der Waals surface area (Å²) in [5.74, 6) is 0.856. The maximum Gasteiger partial charge on any atom is 0.494 e. The van der Waals surface area contributed by atoms with Gasteiger partial charge in [0.05, 0.1) is 11.2 Å². The van der Waals surface area contributed by atoms with E-state index in [1.807, 2.05) is 50.2 Å². The molecule has 3 nitrogen and oxygen atoms in total. The monoisotopic (exact) mass is 350 g/mol. The first-order chi connectivity index (χ1) is 12.4. The molecule has 4 heteroatoms. The maximum absolute atomic E-state index is 6.15. The van der Waals surface area contributed by atoms with Crippen LogP contribution in [-0.4, -0.2) is 18.3 Å². The number of benzene rings is 2. The Bertz CT molecular complexity index is 846. The summed E-state index contributed by atoms with van der Waals surface area (Å²) in [6, 6.07) is 18.3. The fourth-order valence-electron chi connectivity index (χ4n) is 2.94. The molecule has 3 aromatic rings. The van der Waals surface area contributed by atoms with Crippen LogP contribution in [0.15, 0.2) is 59.0 Å². The molecule has 1 saturated heterocycles. The molecule has 1 fully saturated rings. The summed E-state index contributed by atoms with van der Waals surface area (Å²) >= 11 is 0. The van der Waals surface area contributed by atoms with Crippen molar-refractivity contribution < 1.29 is 13.7 Å². The van der Waals surface area contributed by atoms with E-state index < -0.39 is 0 Å². The third kappa shape index (κ3) is 3.32. The Morgan fingerprint density at radius 1 is 0.769 bits per heavy atom. The molecule has 4 rings (SSSR count). The molecule has 0 radical (unpaired) electrons. The second kappa shape index (κ2) is 6.94. The van der Waals surface area contributed by atoms with Gasteiger partial charge >= 0.3 is 7.12 Å². The Labute approximate surface area is 156 Å². The van der Waals surface area contributed by atoms with E-state index in [-0.39, 0.29) is 18.3 Å². The van der Waals surface area contributed by atoms with Gasteiger partial charge < -0.3 is 13.7 Å². The molecule has 2 aromatic carbocycles. The number of hydrogen-bond donors (Lipinski definition) is 0. The van der Waals surface area contributed by atoms with Crippen LogP contribution < -0.4 is 5.46 Å². The standard InChI is InChI=1S/C20H21BO3.C2H6/c1-19(2)20(3,4)24-21(23-19)16-10-7-9-14(12-16)18-13-15-8-5-6-11-17(15)22-18;1-2/h5-13H,1-4H3;1-2H3. The second-order valence-electron chi connectivity index (χ2n) is 7.36. The van der Waals surface area contributed by atoms with Crippen LogP contribution in [0.1, 0.15) is 41.5 Å². The van der Waals surface area contributed by atoms with E-state index in [0.717, 1.165) is 27.8 Å². The topological polar surface area (TPSA) is 31.6 Å². The van der Waals surface area contributed by atoms with E-state index in [1.54, 1.807) is 0 Å². The third-order valence-corrected chi connectivity index (χ3v) is 5.12. The lowest BCUT2D eigenvalue weighted by Gasteiger charge is -2.32. The van der Waals surface area contributed by atoms with E-state index in [1.165, 1.54) is 0 Å². The van der Waals surface area contributed by atoms with Gasteiger partial charge in [0.25, 0.3) is 0 Å². The van der Waals surface area contributed by atoms with Crippen LogP contribution in [-0.2, 0) is 9.31 Å². The van der Waals surface area contributed by atoms with Gasteiger partial charge in [0.1, 0.15) is 11.3 Å². The van der Waals surface area contributed by atoms with Crippen LogP contribution >= 0.6 is 0 Å². The number of rotatable bonds is 2. The highest BCUT2D eigenvalue weighted by Crippen LogP contribution is 2.36. The van der Waals surface area contributed by atoms with E-state index in [4.69, 9.17) is 13.7 Å². The van der Waals surface area contributed by atoms with Gasteiger partial charge in [0.15, 0.2) is 0 Å².